The summed E-state index contributed by atoms with van der Waals surface area (Å²) in [6, 6.07) is 6.94. The molecule has 0 aliphatic heterocycles. The number of nitro groups is 1. The number of hydrogen-bond acceptors (Lipinski definition) is 3. The topological polar surface area (TPSA) is 69.2 Å². The molecule has 0 heterocycles. The highest BCUT2D eigenvalue weighted by Crippen LogP contribution is 2.30. The van der Waals surface area contributed by atoms with Crippen LogP contribution in [0.1, 0.15) is 0 Å². The van der Waals surface area contributed by atoms with Gasteiger partial charge in [0.25, 0.3) is 5.69 Å². The van der Waals surface area contributed by atoms with Gasteiger partial charge in [-0.1, -0.05) is 6.07 Å². The lowest BCUT2D eigenvalue weighted by Gasteiger charge is -2.05. The van der Waals surface area contributed by atoms with E-state index in [4.69, 9.17) is 5.73 Å². The third-order valence-electron chi connectivity index (χ3n) is 2.47. The van der Waals surface area contributed by atoms with Crippen LogP contribution in [0.5, 0.6) is 0 Å². The van der Waals surface area contributed by atoms with Crippen molar-refractivity contribution in [2.45, 2.75) is 0 Å². The number of nitrogen functional groups attached to an aromatic ring is 1. The maximum Gasteiger partial charge on any atom is 0.292 e. The number of benzene rings is 2. The molecule has 6 heteroatoms. The van der Waals surface area contributed by atoms with E-state index in [2.05, 4.69) is 0 Å². The maximum atomic E-state index is 13.5. The van der Waals surface area contributed by atoms with Gasteiger partial charge in [-0.25, -0.2) is 8.78 Å². The molecule has 2 aromatic rings. The summed E-state index contributed by atoms with van der Waals surface area (Å²) in [4.78, 5) is 10.1. The van der Waals surface area contributed by atoms with Crippen LogP contribution >= 0.6 is 0 Å². The van der Waals surface area contributed by atoms with Crippen molar-refractivity contribution in [2.24, 2.45) is 0 Å². The third-order valence-corrected chi connectivity index (χ3v) is 2.47. The predicted molar refractivity (Wildman–Crippen MR) is 62.9 cm³/mol. The van der Waals surface area contributed by atoms with Gasteiger partial charge in [-0.2, -0.15) is 0 Å². The normalized spacial score (nSPS) is 10.3. The summed E-state index contributed by atoms with van der Waals surface area (Å²) < 4.78 is 26.3. The molecule has 0 aliphatic rings. The van der Waals surface area contributed by atoms with Gasteiger partial charge in [0.05, 0.1) is 4.92 Å². The van der Waals surface area contributed by atoms with Crippen molar-refractivity contribution in [2.75, 3.05) is 5.73 Å². The standard InChI is InChI=1S/C12H8F2N2O2/c13-8-2-3-9(10(14)6-8)7-1-4-11(15)12(5-7)16(17)18/h1-6H,15H2. The van der Waals surface area contributed by atoms with Gasteiger partial charge in [0.1, 0.15) is 17.3 Å². The van der Waals surface area contributed by atoms with E-state index in [0.29, 0.717) is 0 Å². The summed E-state index contributed by atoms with van der Waals surface area (Å²) >= 11 is 0. The van der Waals surface area contributed by atoms with E-state index in [1.807, 2.05) is 0 Å². The molecule has 0 atom stereocenters. The Morgan fingerprint density at radius 3 is 2.44 bits per heavy atom. The van der Waals surface area contributed by atoms with Crippen LogP contribution in [0.15, 0.2) is 36.4 Å². The molecule has 2 aromatic carbocycles. The first kappa shape index (κ1) is 12.0. The molecule has 0 spiro atoms. The molecule has 4 nitrogen and oxygen atoms in total. The minimum atomic E-state index is -0.783. The molecular formula is C12H8F2N2O2. The molecule has 0 amide bonds. The molecular weight excluding hydrogens is 242 g/mol. The monoisotopic (exact) mass is 250 g/mol. The van der Waals surface area contributed by atoms with E-state index < -0.39 is 16.6 Å². The predicted octanol–water partition coefficient (Wildman–Crippen LogP) is 3.12. The number of nitrogens with zero attached hydrogens (tertiary/aromatic N) is 1. The Kier molecular flexibility index (Phi) is 2.93. The SMILES string of the molecule is Nc1ccc(-c2ccc(F)cc2F)cc1[N+](=O)[O-]. The zero-order chi connectivity index (χ0) is 13.3. The van der Waals surface area contributed by atoms with Crippen LogP contribution in [-0.4, -0.2) is 4.92 Å². The molecule has 18 heavy (non-hydrogen) atoms. The van der Waals surface area contributed by atoms with Crippen molar-refractivity contribution < 1.29 is 13.7 Å². The Bertz CT molecular complexity index is 629. The van der Waals surface area contributed by atoms with Crippen molar-refractivity contribution in [3.05, 3.63) is 58.1 Å². The minimum absolute atomic E-state index is 0.00808. The van der Waals surface area contributed by atoms with E-state index in [0.717, 1.165) is 18.2 Å². The Morgan fingerprint density at radius 1 is 1.11 bits per heavy atom. The molecule has 0 bridgehead atoms. The third kappa shape index (κ3) is 2.13. The first-order chi connectivity index (χ1) is 8.49. The second-order valence-corrected chi connectivity index (χ2v) is 3.65. The smallest absolute Gasteiger partial charge is 0.292 e. The zero-order valence-electron chi connectivity index (χ0n) is 9.06. The molecule has 2 N–H and O–H groups in total. The molecule has 0 saturated heterocycles. The molecule has 0 saturated carbocycles. The minimum Gasteiger partial charge on any atom is -0.393 e. The van der Waals surface area contributed by atoms with Gasteiger partial charge in [0.2, 0.25) is 0 Å². The number of hydrogen-bond donors (Lipinski definition) is 1. The van der Waals surface area contributed by atoms with Gasteiger partial charge < -0.3 is 5.73 Å². The highest BCUT2D eigenvalue weighted by molar-refractivity contribution is 5.72. The second-order valence-electron chi connectivity index (χ2n) is 3.65. The number of anilines is 1. The van der Waals surface area contributed by atoms with Crippen molar-refractivity contribution in [1.29, 1.82) is 0 Å². The number of nitro benzene ring substituents is 1. The summed E-state index contributed by atoms with van der Waals surface area (Å²) in [5.74, 6) is -1.49. The first-order valence-corrected chi connectivity index (χ1v) is 4.98. The molecule has 0 fully saturated rings. The summed E-state index contributed by atoms with van der Waals surface area (Å²) in [5.41, 5.74) is 5.47. The van der Waals surface area contributed by atoms with E-state index in [9.17, 15) is 18.9 Å². The van der Waals surface area contributed by atoms with Crippen molar-refractivity contribution in [3.8, 4) is 11.1 Å². The van der Waals surface area contributed by atoms with Gasteiger partial charge >= 0.3 is 0 Å². The number of nitrogens with two attached hydrogens (primary N) is 1. The van der Waals surface area contributed by atoms with Crippen LogP contribution in [0, 0.1) is 21.7 Å². The highest BCUT2D eigenvalue weighted by Gasteiger charge is 2.14. The Morgan fingerprint density at radius 2 is 1.83 bits per heavy atom. The molecule has 0 radical (unpaired) electrons. The first-order valence-electron chi connectivity index (χ1n) is 4.98. The average Bonchev–Trinajstić information content (AvgIpc) is 2.30. The average molecular weight is 250 g/mol. The summed E-state index contributed by atoms with van der Waals surface area (Å²) in [6.45, 7) is 0. The van der Waals surface area contributed by atoms with E-state index in [1.54, 1.807) is 0 Å². The largest absolute Gasteiger partial charge is 0.393 e. The van der Waals surface area contributed by atoms with Gasteiger partial charge in [0.15, 0.2) is 0 Å². The molecule has 0 aliphatic carbocycles. The lowest BCUT2D eigenvalue weighted by atomic mass is 10.0. The van der Waals surface area contributed by atoms with Gasteiger partial charge in [-0.05, 0) is 23.8 Å². The highest BCUT2D eigenvalue weighted by atomic mass is 19.1. The van der Waals surface area contributed by atoms with Crippen molar-refractivity contribution in [3.63, 3.8) is 0 Å². The molecule has 2 rings (SSSR count). The summed E-state index contributed by atoms with van der Waals surface area (Å²) in [6.07, 6.45) is 0. The Labute approximate surface area is 101 Å². The van der Waals surface area contributed by atoms with Gasteiger partial charge in [-0.3, -0.25) is 10.1 Å². The second kappa shape index (κ2) is 4.40. The van der Waals surface area contributed by atoms with E-state index in [-0.39, 0.29) is 22.5 Å². The van der Waals surface area contributed by atoms with Crippen LogP contribution < -0.4 is 5.73 Å². The summed E-state index contributed by atoms with van der Waals surface area (Å²) in [7, 11) is 0. The Hall–Kier alpha value is -2.50. The van der Waals surface area contributed by atoms with E-state index in [1.165, 1.54) is 18.2 Å². The fraction of sp³-hybridized carbons (Fsp3) is 0. The summed E-state index contributed by atoms with van der Waals surface area (Å²) in [5, 5.41) is 10.7. The Balaban J connectivity index is 2.58. The maximum absolute atomic E-state index is 13.5. The quantitative estimate of drug-likeness (QED) is 0.505. The van der Waals surface area contributed by atoms with Crippen LogP contribution in [0.25, 0.3) is 11.1 Å². The number of rotatable bonds is 2. The van der Waals surface area contributed by atoms with Crippen LogP contribution in [-0.2, 0) is 0 Å². The van der Waals surface area contributed by atoms with Gasteiger partial charge in [-0.15, -0.1) is 0 Å². The zero-order valence-corrected chi connectivity index (χ0v) is 9.06. The van der Waals surface area contributed by atoms with E-state index >= 15 is 0 Å². The number of halogens is 2. The van der Waals surface area contributed by atoms with Crippen LogP contribution in [0.2, 0.25) is 0 Å². The van der Waals surface area contributed by atoms with Crippen molar-refractivity contribution in [1.82, 2.24) is 0 Å². The molecule has 0 aromatic heterocycles. The molecule has 92 valence electrons. The molecule has 0 unspecified atom stereocenters. The van der Waals surface area contributed by atoms with Crippen LogP contribution in [0.3, 0.4) is 0 Å². The fourth-order valence-corrected chi connectivity index (χ4v) is 1.59. The lowest BCUT2D eigenvalue weighted by Crippen LogP contribution is -1.96. The fourth-order valence-electron chi connectivity index (χ4n) is 1.59. The van der Waals surface area contributed by atoms with Gasteiger partial charge in [0, 0.05) is 17.7 Å². The van der Waals surface area contributed by atoms with Crippen LogP contribution in [0.4, 0.5) is 20.2 Å². The lowest BCUT2D eigenvalue weighted by molar-refractivity contribution is -0.383. The van der Waals surface area contributed by atoms with Crippen molar-refractivity contribution >= 4 is 11.4 Å².